The van der Waals surface area contributed by atoms with Gasteiger partial charge in [-0.3, -0.25) is 14.6 Å². The fourth-order valence-corrected chi connectivity index (χ4v) is 3.29. The van der Waals surface area contributed by atoms with Crippen LogP contribution in [0, 0.1) is 6.92 Å². The predicted octanol–water partition coefficient (Wildman–Crippen LogP) is 1.24. The Balaban J connectivity index is 1.51. The van der Waals surface area contributed by atoms with Gasteiger partial charge in [-0.25, -0.2) is 4.98 Å². The number of aryl methyl sites for hydroxylation is 1. The van der Waals surface area contributed by atoms with Crippen LogP contribution >= 0.6 is 0 Å². The van der Waals surface area contributed by atoms with E-state index in [9.17, 15) is 9.59 Å². The summed E-state index contributed by atoms with van der Waals surface area (Å²) >= 11 is 0. The molecule has 1 amide bonds. The first kappa shape index (κ1) is 15.8. The number of carbonyl (C=O) groups excluding carboxylic acids is 1. The van der Waals surface area contributed by atoms with Crippen LogP contribution in [0.25, 0.3) is 0 Å². The number of amides is 1. The van der Waals surface area contributed by atoms with Crippen LogP contribution in [0.2, 0.25) is 0 Å². The Morgan fingerprint density at radius 1 is 1.16 bits per heavy atom. The zero-order chi connectivity index (χ0) is 17.4. The lowest BCUT2D eigenvalue weighted by atomic mass is 10.1. The highest BCUT2D eigenvalue weighted by molar-refractivity contribution is 5.95. The summed E-state index contributed by atoms with van der Waals surface area (Å²) in [5, 5.41) is 0. The Bertz CT molecular complexity index is 836. The summed E-state index contributed by atoms with van der Waals surface area (Å²) in [5.74, 6) is 0.665. The molecule has 0 atom stereocenters. The Hall–Kier alpha value is -2.70. The lowest BCUT2D eigenvalue weighted by molar-refractivity contribution is 0.0743. The molecule has 1 saturated carbocycles. The third-order valence-electron chi connectivity index (χ3n) is 4.92. The van der Waals surface area contributed by atoms with Crippen LogP contribution in [0.1, 0.15) is 34.8 Å². The summed E-state index contributed by atoms with van der Waals surface area (Å²) in [6.07, 6.45) is 8.90. The zero-order valence-electron chi connectivity index (χ0n) is 14.3. The van der Waals surface area contributed by atoms with Crippen molar-refractivity contribution in [1.82, 2.24) is 19.4 Å². The van der Waals surface area contributed by atoms with Crippen LogP contribution in [-0.2, 0) is 0 Å². The van der Waals surface area contributed by atoms with E-state index in [4.69, 9.17) is 0 Å². The molecule has 2 aromatic heterocycles. The van der Waals surface area contributed by atoms with Crippen LogP contribution in [0.5, 0.6) is 0 Å². The monoisotopic (exact) mass is 339 g/mol. The van der Waals surface area contributed by atoms with Crippen molar-refractivity contribution in [3.8, 4) is 0 Å². The molecule has 25 heavy (non-hydrogen) atoms. The van der Waals surface area contributed by atoms with E-state index in [1.165, 1.54) is 0 Å². The van der Waals surface area contributed by atoms with Gasteiger partial charge in [-0.2, -0.15) is 0 Å². The number of hydrogen-bond donors (Lipinski definition) is 0. The second-order valence-electron chi connectivity index (χ2n) is 6.66. The lowest BCUT2D eigenvalue weighted by Crippen LogP contribution is -2.50. The molecule has 2 aliphatic rings. The van der Waals surface area contributed by atoms with E-state index in [0.29, 0.717) is 31.7 Å². The predicted molar refractivity (Wildman–Crippen MR) is 93.9 cm³/mol. The van der Waals surface area contributed by atoms with Gasteiger partial charge in [-0.05, 0) is 31.4 Å². The zero-order valence-corrected chi connectivity index (χ0v) is 14.3. The highest BCUT2D eigenvalue weighted by Crippen LogP contribution is 2.33. The average molecular weight is 339 g/mol. The van der Waals surface area contributed by atoms with Crippen molar-refractivity contribution in [2.24, 2.45) is 0 Å². The summed E-state index contributed by atoms with van der Waals surface area (Å²) in [5.41, 5.74) is 0.925. The summed E-state index contributed by atoms with van der Waals surface area (Å²) < 4.78 is 1.72. The number of nitrogens with zero attached hydrogens (tertiary/aromatic N) is 5. The van der Waals surface area contributed by atoms with Gasteiger partial charge in [0, 0.05) is 50.8 Å². The smallest absolute Gasteiger partial charge is 0.263 e. The van der Waals surface area contributed by atoms with Crippen molar-refractivity contribution >= 4 is 11.7 Å². The molecular weight excluding hydrogens is 318 g/mol. The van der Waals surface area contributed by atoms with Crippen molar-refractivity contribution in [2.45, 2.75) is 25.8 Å². The number of anilines is 1. The number of pyridine rings is 1. The third-order valence-corrected chi connectivity index (χ3v) is 4.92. The fraction of sp³-hybridized carbons (Fsp3) is 0.444. The third kappa shape index (κ3) is 3.01. The highest BCUT2D eigenvalue weighted by atomic mass is 16.2. The van der Waals surface area contributed by atoms with E-state index < -0.39 is 0 Å². The van der Waals surface area contributed by atoms with E-state index in [2.05, 4.69) is 14.9 Å². The minimum atomic E-state index is -0.156. The SMILES string of the molecule is Cc1ccn(C2CC2)c(=O)c1C(=O)N1CCN(c2cnccn2)CC1. The van der Waals surface area contributed by atoms with Crippen LogP contribution in [0.3, 0.4) is 0 Å². The molecule has 4 rings (SSSR count). The molecule has 2 fully saturated rings. The van der Waals surface area contributed by atoms with Gasteiger partial charge in [-0.1, -0.05) is 0 Å². The molecule has 7 heteroatoms. The van der Waals surface area contributed by atoms with Crippen LogP contribution in [0.4, 0.5) is 5.82 Å². The first-order valence-corrected chi connectivity index (χ1v) is 8.67. The maximum absolute atomic E-state index is 12.9. The van der Waals surface area contributed by atoms with Gasteiger partial charge >= 0.3 is 0 Å². The normalized spacial score (nSPS) is 17.6. The molecule has 1 aliphatic heterocycles. The van der Waals surface area contributed by atoms with Crippen molar-refractivity contribution in [1.29, 1.82) is 0 Å². The van der Waals surface area contributed by atoms with Gasteiger partial charge in [0.15, 0.2) is 0 Å². The molecule has 3 heterocycles. The average Bonchev–Trinajstić information content (AvgIpc) is 3.47. The van der Waals surface area contributed by atoms with E-state index in [1.807, 2.05) is 19.2 Å². The Morgan fingerprint density at radius 2 is 1.92 bits per heavy atom. The molecule has 1 saturated heterocycles. The summed E-state index contributed by atoms with van der Waals surface area (Å²) in [6, 6.07) is 2.15. The number of piperazine rings is 1. The summed E-state index contributed by atoms with van der Waals surface area (Å²) in [6.45, 7) is 4.36. The molecule has 130 valence electrons. The lowest BCUT2D eigenvalue weighted by Gasteiger charge is -2.35. The van der Waals surface area contributed by atoms with Crippen molar-refractivity contribution < 1.29 is 4.79 Å². The van der Waals surface area contributed by atoms with Crippen molar-refractivity contribution in [3.05, 3.63) is 52.3 Å². The molecule has 0 aromatic carbocycles. The number of rotatable bonds is 3. The van der Waals surface area contributed by atoms with Crippen molar-refractivity contribution in [2.75, 3.05) is 31.1 Å². The topological polar surface area (TPSA) is 71.3 Å². The summed E-state index contributed by atoms with van der Waals surface area (Å²) in [7, 11) is 0. The first-order chi connectivity index (χ1) is 12.1. The molecule has 0 radical (unpaired) electrons. The second-order valence-corrected chi connectivity index (χ2v) is 6.66. The molecule has 0 unspecified atom stereocenters. The largest absolute Gasteiger partial charge is 0.352 e. The Labute approximate surface area is 145 Å². The number of aromatic nitrogens is 3. The Morgan fingerprint density at radius 3 is 2.56 bits per heavy atom. The quantitative estimate of drug-likeness (QED) is 0.841. The molecule has 1 aliphatic carbocycles. The molecule has 0 spiro atoms. The highest BCUT2D eigenvalue weighted by Gasteiger charge is 2.30. The van der Waals surface area contributed by atoms with E-state index in [0.717, 1.165) is 24.2 Å². The number of carbonyl (C=O) groups is 1. The van der Waals surface area contributed by atoms with E-state index in [-0.39, 0.29) is 17.5 Å². The fourth-order valence-electron chi connectivity index (χ4n) is 3.29. The van der Waals surface area contributed by atoms with Gasteiger partial charge in [0.2, 0.25) is 0 Å². The molecule has 2 aromatic rings. The standard InChI is InChI=1S/C18H21N5O2/c1-13-4-7-23(14-2-3-14)18(25)16(13)17(24)22-10-8-21(9-11-22)15-12-19-5-6-20-15/h4-7,12,14H,2-3,8-11H2,1H3. The van der Waals surface area contributed by atoms with Gasteiger partial charge < -0.3 is 14.4 Å². The molecule has 0 bridgehead atoms. The van der Waals surface area contributed by atoms with Crippen LogP contribution in [-0.4, -0.2) is 51.5 Å². The maximum Gasteiger partial charge on any atom is 0.263 e. The van der Waals surface area contributed by atoms with Gasteiger partial charge in [-0.15, -0.1) is 0 Å². The minimum Gasteiger partial charge on any atom is -0.352 e. The molecular formula is C18H21N5O2. The molecule has 7 nitrogen and oxygen atoms in total. The maximum atomic E-state index is 12.9. The summed E-state index contributed by atoms with van der Waals surface area (Å²) in [4.78, 5) is 37.9. The van der Waals surface area contributed by atoms with Gasteiger partial charge in [0.05, 0.1) is 6.20 Å². The second kappa shape index (κ2) is 6.31. The first-order valence-electron chi connectivity index (χ1n) is 8.67. The van der Waals surface area contributed by atoms with Crippen LogP contribution < -0.4 is 10.5 Å². The van der Waals surface area contributed by atoms with Crippen LogP contribution in [0.15, 0.2) is 35.6 Å². The minimum absolute atomic E-state index is 0.149. The van der Waals surface area contributed by atoms with Gasteiger partial charge in [0.25, 0.3) is 11.5 Å². The molecule has 0 N–H and O–H groups in total. The van der Waals surface area contributed by atoms with Gasteiger partial charge in [0.1, 0.15) is 11.4 Å². The van der Waals surface area contributed by atoms with E-state index >= 15 is 0 Å². The number of hydrogen-bond acceptors (Lipinski definition) is 5. The van der Waals surface area contributed by atoms with Crippen molar-refractivity contribution in [3.63, 3.8) is 0 Å². The Kier molecular flexibility index (Phi) is 3.99. The van der Waals surface area contributed by atoms with E-state index in [1.54, 1.807) is 28.1 Å².